The van der Waals surface area contributed by atoms with Gasteiger partial charge in [0.05, 0.1) is 16.6 Å². The first-order chi connectivity index (χ1) is 10.0. The van der Waals surface area contributed by atoms with E-state index in [1.165, 1.54) is 48.5 Å². The molecular weight excluding hydrogens is 272 g/mol. The smallest absolute Gasteiger partial charge is 0.269 e. The van der Waals surface area contributed by atoms with Crippen LogP contribution in [-0.4, -0.2) is 15.1 Å². The molecule has 0 saturated carbocycles. The number of nitriles is 1. The monoisotopic (exact) mass is 282 g/mol. The summed E-state index contributed by atoms with van der Waals surface area (Å²) in [6.07, 6.45) is 1.51. The maximum atomic E-state index is 10.6. The van der Waals surface area contributed by atoms with Crippen molar-refractivity contribution in [3.63, 3.8) is 0 Å². The molecule has 0 aliphatic heterocycles. The number of benzene rings is 2. The summed E-state index contributed by atoms with van der Waals surface area (Å²) in [5.41, 5.74) is 1.28. The molecular formula is C15H10N2O4. The summed E-state index contributed by atoms with van der Waals surface area (Å²) >= 11 is 0. The highest BCUT2D eigenvalue weighted by molar-refractivity contribution is 5.90. The first-order valence-corrected chi connectivity index (χ1v) is 5.90. The highest BCUT2D eigenvalue weighted by Gasteiger charge is 2.07. The van der Waals surface area contributed by atoms with E-state index in [-0.39, 0.29) is 22.8 Å². The van der Waals surface area contributed by atoms with Gasteiger partial charge in [0.1, 0.15) is 0 Å². The van der Waals surface area contributed by atoms with Crippen molar-refractivity contribution in [2.24, 2.45) is 0 Å². The number of rotatable bonds is 3. The van der Waals surface area contributed by atoms with Gasteiger partial charge in [-0.3, -0.25) is 10.1 Å². The molecule has 6 heteroatoms. The molecule has 6 nitrogen and oxygen atoms in total. The molecule has 0 unspecified atom stereocenters. The molecule has 0 heterocycles. The summed E-state index contributed by atoms with van der Waals surface area (Å²) in [5, 5.41) is 38.4. The topological polar surface area (TPSA) is 107 Å². The number of phenolic OH excluding ortho intramolecular Hbond substituents is 2. The van der Waals surface area contributed by atoms with Crippen LogP contribution in [0.3, 0.4) is 0 Å². The van der Waals surface area contributed by atoms with Crippen LogP contribution in [-0.2, 0) is 0 Å². The van der Waals surface area contributed by atoms with Gasteiger partial charge in [-0.05, 0) is 41.5 Å². The van der Waals surface area contributed by atoms with E-state index in [1.807, 2.05) is 6.07 Å². The Morgan fingerprint density at radius 3 is 2.33 bits per heavy atom. The van der Waals surface area contributed by atoms with E-state index >= 15 is 0 Å². The Morgan fingerprint density at radius 2 is 1.81 bits per heavy atom. The van der Waals surface area contributed by atoms with Crippen LogP contribution in [0.4, 0.5) is 5.69 Å². The number of non-ortho nitro benzene ring substituents is 1. The Labute approximate surface area is 120 Å². The molecule has 2 N–H and O–H groups in total. The number of allylic oxidation sites excluding steroid dienone is 1. The molecule has 0 fully saturated rings. The Morgan fingerprint density at radius 1 is 1.14 bits per heavy atom. The summed E-state index contributed by atoms with van der Waals surface area (Å²) < 4.78 is 0. The van der Waals surface area contributed by atoms with Crippen molar-refractivity contribution >= 4 is 17.3 Å². The van der Waals surface area contributed by atoms with E-state index in [0.717, 1.165) is 0 Å². The van der Waals surface area contributed by atoms with Crippen LogP contribution in [0.2, 0.25) is 0 Å². The quantitative estimate of drug-likeness (QED) is 0.296. The second kappa shape index (κ2) is 5.75. The molecule has 0 aliphatic carbocycles. The second-order valence-corrected chi connectivity index (χ2v) is 4.22. The maximum Gasteiger partial charge on any atom is 0.269 e. The van der Waals surface area contributed by atoms with Crippen molar-refractivity contribution in [1.29, 1.82) is 5.26 Å². The average Bonchev–Trinajstić information content (AvgIpc) is 2.48. The molecule has 0 bridgehead atoms. The number of nitro benzene ring substituents is 1. The molecule has 0 saturated heterocycles. The molecule has 0 aliphatic rings. The lowest BCUT2D eigenvalue weighted by Crippen LogP contribution is -1.88. The van der Waals surface area contributed by atoms with Crippen LogP contribution in [0.15, 0.2) is 42.5 Å². The van der Waals surface area contributed by atoms with Crippen LogP contribution >= 0.6 is 0 Å². The van der Waals surface area contributed by atoms with Crippen molar-refractivity contribution in [3.8, 4) is 17.6 Å². The first-order valence-electron chi connectivity index (χ1n) is 5.90. The largest absolute Gasteiger partial charge is 0.504 e. The SMILES string of the molecule is N#CC(=Cc1ccc(O)c(O)c1)c1ccc([N+](=O)[O-])cc1. The standard InChI is InChI=1S/C15H10N2O4/c16-9-12(7-10-1-6-14(18)15(19)8-10)11-2-4-13(5-3-11)17(20)21/h1-8,18-19H. The molecule has 0 amide bonds. The molecule has 0 atom stereocenters. The van der Waals surface area contributed by atoms with Crippen LogP contribution in [0.1, 0.15) is 11.1 Å². The summed E-state index contributed by atoms with van der Waals surface area (Å²) in [5.74, 6) is -0.536. The minimum Gasteiger partial charge on any atom is -0.504 e. The summed E-state index contributed by atoms with van der Waals surface area (Å²) in [4.78, 5) is 10.1. The third-order valence-corrected chi connectivity index (χ3v) is 2.82. The predicted molar refractivity (Wildman–Crippen MR) is 76.4 cm³/mol. The van der Waals surface area contributed by atoms with Crippen molar-refractivity contribution in [2.75, 3.05) is 0 Å². The van der Waals surface area contributed by atoms with Gasteiger partial charge in [-0.2, -0.15) is 5.26 Å². The van der Waals surface area contributed by atoms with Crippen LogP contribution < -0.4 is 0 Å². The molecule has 2 aromatic rings. The van der Waals surface area contributed by atoms with Gasteiger partial charge < -0.3 is 10.2 Å². The van der Waals surface area contributed by atoms with E-state index in [1.54, 1.807) is 0 Å². The maximum absolute atomic E-state index is 10.6. The molecule has 2 rings (SSSR count). The molecule has 0 spiro atoms. The lowest BCUT2D eigenvalue weighted by molar-refractivity contribution is -0.384. The number of nitrogens with zero attached hydrogens (tertiary/aromatic N) is 2. The fourth-order valence-corrected chi connectivity index (χ4v) is 1.74. The van der Waals surface area contributed by atoms with Gasteiger partial charge in [0.25, 0.3) is 5.69 Å². The van der Waals surface area contributed by atoms with Gasteiger partial charge in [0.2, 0.25) is 0 Å². The number of aromatic hydroxyl groups is 2. The molecule has 21 heavy (non-hydrogen) atoms. The molecule has 0 aromatic heterocycles. The van der Waals surface area contributed by atoms with E-state index in [2.05, 4.69) is 0 Å². The minimum atomic E-state index is -0.516. The Balaban J connectivity index is 2.39. The van der Waals surface area contributed by atoms with Crippen molar-refractivity contribution in [1.82, 2.24) is 0 Å². The lowest BCUT2D eigenvalue weighted by Gasteiger charge is -2.02. The predicted octanol–water partition coefficient (Wildman–Crippen LogP) is 3.07. The van der Waals surface area contributed by atoms with Crippen LogP contribution in [0, 0.1) is 21.4 Å². The third kappa shape index (κ3) is 3.16. The number of nitro groups is 1. The third-order valence-electron chi connectivity index (χ3n) is 2.82. The zero-order valence-corrected chi connectivity index (χ0v) is 10.7. The van der Waals surface area contributed by atoms with Crippen molar-refractivity contribution < 1.29 is 15.1 Å². The Bertz CT molecular complexity index is 758. The van der Waals surface area contributed by atoms with E-state index in [9.17, 15) is 25.6 Å². The van der Waals surface area contributed by atoms with Gasteiger partial charge in [-0.15, -0.1) is 0 Å². The van der Waals surface area contributed by atoms with Gasteiger partial charge in [0.15, 0.2) is 11.5 Å². The number of hydrogen-bond acceptors (Lipinski definition) is 5. The highest BCUT2D eigenvalue weighted by Crippen LogP contribution is 2.27. The fraction of sp³-hybridized carbons (Fsp3) is 0. The van der Waals surface area contributed by atoms with Gasteiger partial charge in [-0.25, -0.2) is 0 Å². The summed E-state index contributed by atoms with van der Waals surface area (Å²) in [6.45, 7) is 0. The van der Waals surface area contributed by atoms with Gasteiger partial charge in [0, 0.05) is 12.1 Å². The van der Waals surface area contributed by atoms with Crippen LogP contribution in [0.25, 0.3) is 11.6 Å². The van der Waals surface area contributed by atoms with Gasteiger partial charge in [-0.1, -0.05) is 6.07 Å². The minimum absolute atomic E-state index is 0.0571. The Hall–Kier alpha value is -3.33. The zero-order valence-electron chi connectivity index (χ0n) is 10.7. The van der Waals surface area contributed by atoms with E-state index in [4.69, 9.17) is 0 Å². The molecule has 0 radical (unpaired) electrons. The normalized spacial score (nSPS) is 10.9. The lowest BCUT2D eigenvalue weighted by atomic mass is 10.0. The second-order valence-electron chi connectivity index (χ2n) is 4.22. The number of phenols is 2. The summed E-state index contributed by atoms with van der Waals surface area (Å²) in [6, 6.07) is 11.8. The van der Waals surface area contributed by atoms with Crippen molar-refractivity contribution in [3.05, 3.63) is 63.7 Å². The Kier molecular flexibility index (Phi) is 3.86. The fourth-order valence-electron chi connectivity index (χ4n) is 1.74. The first kappa shape index (κ1) is 14.1. The van der Waals surface area contributed by atoms with Crippen molar-refractivity contribution in [2.45, 2.75) is 0 Å². The van der Waals surface area contributed by atoms with Crippen LogP contribution in [0.5, 0.6) is 11.5 Å². The summed E-state index contributed by atoms with van der Waals surface area (Å²) in [7, 11) is 0. The van der Waals surface area contributed by atoms with Gasteiger partial charge >= 0.3 is 0 Å². The zero-order chi connectivity index (χ0) is 15.4. The highest BCUT2D eigenvalue weighted by atomic mass is 16.6. The average molecular weight is 282 g/mol. The van der Waals surface area contributed by atoms with E-state index < -0.39 is 4.92 Å². The number of hydrogen-bond donors (Lipinski definition) is 2. The molecule has 2 aromatic carbocycles. The molecule has 104 valence electrons. The van der Waals surface area contributed by atoms with E-state index in [0.29, 0.717) is 11.1 Å².